The Balaban J connectivity index is 2.01. The number of phenolic OH excluding ortho intramolecular Hbond substituents is 1. The topological polar surface area (TPSA) is 63.6 Å². The molecule has 0 spiro atoms. The van der Waals surface area contributed by atoms with E-state index in [4.69, 9.17) is 9.47 Å². The molecule has 112 valence electrons. The van der Waals surface area contributed by atoms with Crippen molar-refractivity contribution < 1.29 is 14.6 Å². The zero-order chi connectivity index (χ0) is 15.1. The van der Waals surface area contributed by atoms with Gasteiger partial charge in [0, 0.05) is 18.2 Å². The molecule has 0 aliphatic rings. The minimum absolute atomic E-state index is 0.172. The van der Waals surface area contributed by atoms with Gasteiger partial charge in [-0.25, -0.2) is 4.98 Å². The third-order valence-corrected chi connectivity index (χ3v) is 2.89. The van der Waals surface area contributed by atoms with Crippen LogP contribution in [-0.2, 0) is 6.54 Å². The van der Waals surface area contributed by atoms with Crippen LogP contribution in [0.25, 0.3) is 0 Å². The molecular formula is C16H20N2O3. The van der Waals surface area contributed by atoms with Crippen molar-refractivity contribution in [1.29, 1.82) is 0 Å². The number of hydrogen-bond donors (Lipinski definition) is 2. The average Bonchev–Trinajstić information content (AvgIpc) is 2.50. The Morgan fingerprint density at radius 3 is 2.57 bits per heavy atom. The summed E-state index contributed by atoms with van der Waals surface area (Å²) >= 11 is 0. The van der Waals surface area contributed by atoms with Crippen LogP contribution in [0, 0.1) is 0 Å². The van der Waals surface area contributed by atoms with Crippen LogP contribution in [-0.4, -0.2) is 23.3 Å². The number of phenols is 1. The average molecular weight is 288 g/mol. The van der Waals surface area contributed by atoms with Gasteiger partial charge in [0.05, 0.1) is 25.1 Å². The maximum absolute atomic E-state index is 10.1. The fraction of sp³-hybridized carbons (Fsp3) is 0.312. The van der Waals surface area contributed by atoms with E-state index in [1.807, 2.05) is 38.1 Å². The molecule has 0 atom stereocenters. The van der Waals surface area contributed by atoms with Crippen LogP contribution >= 0.6 is 0 Å². The summed E-state index contributed by atoms with van der Waals surface area (Å²) in [6, 6.07) is 9.16. The Labute approximate surface area is 124 Å². The Kier molecular flexibility index (Phi) is 5.26. The number of ether oxygens (including phenoxy) is 2. The van der Waals surface area contributed by atoms with Crippen LogP contribution in [0.15, 0.2) is 36.5 Å². The fourth-order valence-corrected chi connectivity index (χ4v) is 1.90. The third kappa shape index (κ3) is 4.02. The summed E-state index contributed by atoms with van der Waals surface area (Å²) in [7, 11) is 0. The number of anilines is 1. The van der Waals surface area contributed by atoms with E-state index in [0.29, 0.717) is 31.4 Å². The highest BCUT2D eigenvalue weighted by Crippen LogP contribution is 2.30. The molecule has 5 heteroatoms. The molecule has 1 heterocycles. The van der Waals surface area contributed by atoms with E-state index in [-0.39, 0.29) is 5.75 Å². The lowest BCUT2D eigenvalue weighted by atomic mass is 10.2. The standard InChI is InChI=1S/C16H20N2O3/c1-3-20-14-7-5-6-12(16(14)19)10-17-13-8-9-15(18-11-13)21-4-2/h5-9,11,17,19H,3-4,10H2,1-2H3. The lowest BCUT2D eigenvalue weighted by Gasteiger charge is -2.11. The van der Waals surface area contributed by atoms with E-state index in [1.54, 1.807) is 12.3 Å². The second kappa shape index (κ2) is 7.38. The van der Waals surface area contributed by atoms with Gasteiger partial charge in [0.1, 0.15) is 0 Å². The van der Waals surface area contributed by atoms with Crippen molar-refractivity contribution in [2.24, 2.45) is 0 Å². The van der Waals surface area contributed by atoms with Crippen LogP contribution in [0.1, 0.15) is 19.4 Å². The molecule has 0 fully saturated rings. The molecular weight excluding hydrogens is 268 g/mol. The molecule has 0 unspecified atom stereocenters. The molecule has 0 aliphatic heterocycles. The van der Waals surface area contributed by atoms with E-state index in [1.165, 1.54) is 0 Å². The second-order valence-electron chi connectivity index (χ2n) is 4.37. The maximum atomic E-state index is 10.1. The minimum atomic E-state index is 0.172. The minimum Gasteiger partial charge on any atom is -0.504 e. The molecule has 0 amide bonds. The highest BCUT2D eigenvalue weighted by Gasteiger charge is 2.07. The van der Waals surface area contributed by atoms with Crippen molar-refractivity contribution in [1.82, 2.24) is 4.98 Å². The molecule has 0 aliphatic carbocycles. The van der Waals surface area contributed by atoms with Gasteiger partial charge in [-0.15, -0.1) is 0 Å². The molecule has 0 bridgehead atoms. The first-order valence-corrected chi connectivity index (χ1v) is 7.01. The van der Waals surface area contributed by atoms with Crippen molar-refractivity contribution >= 4 is 5.69 Å². The number of nitrogens with one attached hydrogen (secondary N) is 1. The summed E-state index contributed by atoms with van der Waals surface area (Å²) in [6.07, 6.45) is 1.70. The van der Waals surface area contributed by atoms with Crippen LogP contribution in [0.5, 0.6) is 17.4 Å². The highest BCUT2D eigenvalue weighted by atomic mass is 16.5. The largest absolute Gasteiger partial charge is 0.504 e. The molecule has 0 radical (unpaired) electrons. The van der Waals surface area contributed by atoms with Crippen molar-refractivity contribution in [3.63, 3.8) is 0 Å². The molecule has 21 heavy (non-hydrogen) atoms. The summed E-state index contributed by atoms with van der Waals surface area (Å²) in [4.78, 5) is 4.18. The number of para-hydroxylation sites is 1. The van der Waals surface area contributed by atoms with Gasteiger partial charge in [-0.3, -0.25) is 0 Å². The maximum Gasteiger partial charge on any atom is 0.213 e. The van der Waals surface area contributed by atoms with E-state index >= 15 is 0 Å². The monoisotopic (exact) mass is 288 g/mol. The normalized spacial score (nSPS) is 10.2. The predicted molar refractivity (Wildman–Crippen MR) is 82.0 cm³/mol. The number of nitrogens with zero attached hydrogens (tertiary/aromatic N) is 1. The molecule has 2 rings (SSSR count). The van der Waals surface area contributed by atoms with E-state index in [0.717, 1.165) is 11.3 Å². The fourth-order valence-electron chi connectivity index (χ4n) is 1.90. The number of hydrogen-bond acceptors (Lipinski definition) is 5. The lowest BCUT2D eigenvalue weighted by molar-refractivity contribution is 0.317. The van der Waals surface area contributed by atoms with E-state index in [2.05, 4.69) is 10.3 Å². The molecule has 0 saturated carbocycles. The predicted octanol–water partition coefficient (Wildman–Crippen LogP) is 3.20. The van der Waals surface area contributed by atoms with Crippen LogP contribution in [0.2, 0.25) is 0 Å². The summed E-state index contributed by atoms with van der Waals surface area (Å²) < 4.78 is 10.7. The first-order valence-electron chi connectivity index (χ1n) is 7.01. The number of pyridine rings is 1. The summed E-state index contributed by atoms with van der Waals surface area (Å²) in [5.41, 5.74) is 1.63. The molecule has 2 N–H and O–H groups in total. The zero-order valence-corrected chi connectivity index (χ0v) is 12.3. The summed E-state index contributed by atoms with van der Waals surface area (Å²) in [6.45, 7) is 5.41. The van der Waals surface area contributed by atoms with Gasteiger partial charge in [0.25, 0.3) is 0 Å². The second-order valence-corrected chi connectivity index (χ2v) is 4.37. The Bertz CT molecular complexity index is 570. The van der Waals surface area contributed by atoms with Gasteiger partial charge in [-0.05, 0) is 26.0 Å². The number of aromatic hydroxyl groups is 1. The quantitative estimate of drug-likeness (QED) is 0.819. The Morgan fingerprint density at radius 1 is 1.10 bits per heavy atom. The SMILES string of the molecule is CCOc1ccc(NCc2cccc(OCC)c2O)cn1. The van der Waals surface area contributed by atoms with Crippen LogP contribution < -0.4 is 14.8 Å². The lowest BCUT2D eigenvalue weighted by Crippen LogP contribution is -2.02. The van der Waals surface area contributed by atoms with Crippen molar-refractivity contribution in [3.8, 4) is 17.4 Å². The number of benzene rings is 1. The first-order chi connectivity index (χ1) is 10.2. The number of rotatable bonds is 7. The van der Waals surface area contributed by atoms with E-state index < -0.39 is 0 Å². The van der Waals surface area contributed by atoms with Crippen molar-refractivity contribution in [3.05, 3.63) is 42.1 Å². The van der Waals surface area contributed by atoms with Gasteiger partial charge in [-0.1, -0.05) is 12.1 Å². The van der Waals surface area contributed by atoms with E-state index in [9.17, 15) is 5.11 Å². The Morgan fingerprint density at radius 2 is 1.90 bits per heavy atom. The van der Waals surface area contributed by atoms with Crippen LogP contribution in [0.4, 0.5) is 5.69 Å². The smallest absolute Gasteiger partial charge is 0.213 e. The van der Waals surface area contributed by atoms with Crippen molar-refractivity contribution in [2.75, 3.05) is 18.5 Å². The van der Waals surface area contributed by atoms with Gasteiger partial charge in [0.15, 0.2) is 11.5 Å². The summed E-state index contributed by atoms with van der Waals surface area (Å²) in [5, 5.41) is 13.3. The number of aromatic nitrogens is 1. The molecule has 1 aromatic heterocycles. The Hall–Kier alpha value is -2.43. The molecule has 0 saturated heterocycles. The van der Waals surface area contributed by atoms with Gasteiger partial charge >= 0.3 is 0 Å². The molecule has 1 aromatic carbocycles. The zero-order valence-electron chi connectivity index (χ0n) is 12.3. The highest BCUT2D eigenvalue weighted by molar-refractivity contribution is 5.48. The summed E-state index contributed by atoms with van der Waals surface area (Å²) in [5.74, 6) is 1.27. The molecule has 2 aromatic rings. The van der Waals surface area contributed by atoms with Crippen LogP contribution in [0.3, 0.4) is 0 Å². The van der Waals surface area contributed by atoms with Crippen molar-refractivity contribution in [2.45, 2.75) is 20.4 Å². The van der Waals surface area contributed by atoms with Gasteiger partial charge in [-0.2, -0.15) is 0 Å². The third-order valence-electron chi connectivity index (χ3n) is 2.89. The van der Waals surface area contributed by atoms with Gasteiger partial charge in [0.2, 0.25) is 5.88 Å². The first kappa shape index (κ1) is 15.0. The molecule has 5 nitrogen and oxygen atoms in total. The van der Waals surface area contributed by atoms with Gasteiger partial charge < -0.3 is 19.9 Å².